The molecule has 0 amide bonds. The van der Waals surface area contributed by atoms with E-state index in [9.17, 15) is 0 Å². The Kier molecular flexibility index (Phi) is 4.10. The molecule has 0 radical (unpaired) electrons. The Hall–Kier alpha value is 0.730. The van der Waals surface area contributed by atoms with Gasteiger partial charge in [0.1, 0.15) is 0 Å². The van der Waals surface area contributed by atoms with Crippen LogP contribution in [0.3, 0.4) is 0 Å². The van der Waals surface area contributed by atoms with Gasteiger partial charge in [0.2, 0.25) is 0 Å². The highest BCUT2D eigenvalue weighted by Gasteiger charge is 2.27. The SMILES string of the molecule is CC[N+]1(Cl)CCCC1.[Br-]. The van der Waals surface area contributed by atoms with Crippen molar-refractivity contribution in [2.24, 2.45) is 0 Å². The summed E-state index contributed by atoms with van der Waals surface area (Å²) in [5, 5.41) is 0. The highest BCUT2D eigenvalue weighted by Crippen LogP contribution is 2.21. The van der Waals surface area contributed by atoms with Gasteiger partial charge in [-0.1, -0.05) is 0 Å². The number of rotatable bonds is 1. The lowest BCUT2D eigenvalue weighted by Crippen LogP contribution is -3.00. The van der Waals surface area contributed by atoms with Gasteiger partial charge in [0.15, 0.2) is 11.8 Å². The number of quaternary nitrogens is 1. The van der Waals surface area contributed by atoms with Gasteiger partial charge >= 0.3 is 0 Å². The quantitative estimate of drug-likeness (QED) is 0.480. The zero-order valence-electron chi connectivity index (χ0n) is 5.74. The number of nitrogens with zero attached hydrogens (tertiary/aromatic N) is 1. The van der Waals surface area contributed by atoms with Gasteiger partial charge < -0.3 is 17.0 Å². The van der Waals surface area contributed by atoms with Crippen LogP contribution >= 0.6 is 11.8 Å². The zero-order valence-corrected chi connectivity index (χ0v) is 8.08. The molecule has 1 heterocycles. The van der Waals surface area contributed by atoms with E-state index in [4.69, 9.17) is 11.8 Å². The van der Waals surface area contributed by atoms with Crippen LogP contribution < -0.4 is 17.0 Å². The second-order valence-electron chi connectivity index (χ2n) is 2.50. The molecule has 1 aliphatic heterocycles. The molecular formula is C6H13BrClN. The van der Waals surface area contributed by atoms with E-state index in [1.54, 1.807) is 0 Å². The van der Waals surface area contributed by atoms with E-state index >= 15 is 0 Å². The van der Waals surface area contributed by atoms with Crippen molar-refractivity contribution in [2.45, 2.75) is 19.8 Å². The average molecular weight is 215 g/mol. The summed E-state index contributed by atoms with van der Waals surface area (Å²) in [6.07, 6.45) is 2.63. The molecule has 56 valence electrons. The minimum absolute atomic E-state index is 0. The molecule has 0 unspecified atom stereocenters. The molecule has 1 fully saturated rings. The number of halogens is 2. The smallest absolute Gasteiger partial charge is 0.165 e. The second kappa shape index (κ2) is 3.79. The summed E-state index contributed by atoms with van der Waals surface area (Å²) in [5.41, 5.74) is 0. The molecule has 1 aliphatic rings. The first-order valence-electron chi connectivity index (χ1n) is 3.32. The first kappa shape index (κ1) is 9.73. The summed E-state index contributed by atoms with van der Waals surface area (Å²) in [5.74, 6) is 0. The summed E-state index contributed by atoms with van der Waals surface area (Å²) in [6.45, 7) is 5.59. The molecule has 0 aromatic heterocycles. The van der Waals surface area contributed by atoms with Crippen molar-refractivity contribution in [3.63, 3.8) is 0 Å². The van der Waals surface area contributed by atoms with Gasteiger partial charge in [0, 0.05) is 12.8 Å². The molecule has 0 N–H and O–H groups in total. The summed E-state index contributed by atoms with van der Waals surface area (Å²) in [4.78, 5) is 0. The van der Waals surface area contributed by atoms with Crippen LogP contribution in [0.25, 0.3) is 0 Å². The highest BCUT2D eigenvalue weighted by atomic mass is 79.9. The summed E-state index contributed by atoms with van der Waals surface area (Å²) < 4.78 is 0.792. The second-order valence-corrected chi connectivity index (χ2v) is 3.22. The van der Waals surface area contributed by atoms with Gasteiger partial charge in [-0.15, -0.1) is 0 Å². The van der Waals surface area contributed by atoms with Gasteiger partial charge in [-0.2, -0.15) is 0 Å². The first-order valence-corrected chi connectivity index (χ1v) is 3.66. The van der Waals surface area contributed by atoms with Crippen molar-refractivity contribution < 1.29 is 21.0 Å². The van der Waals surface area contributed by atoms with Crippen LogP contribution in [-0.2, 0) is 0 Å². The Bertz CT molecular complexity index is 81.1. The Morgan fingerprint density at radius 1 is 1.33 bits per heavy atom. The molecule has 9 heavy (non-hydrogen) atoms. The molecule has 3 heteroatoms. The van der Waals surface area contributed by atoms with E-state index in [1.165, 1.54) is 25.9 Å². The molecule has 1 saturated heterocycles. The van der Waals surface area contributed by atoms with Gasteiger partial charge in [-0.3, -0.25) is 0 Å². The first-order chi connectivity index (χ1) is 3.77. The zero-order chi connectivity index (χ0) is 6.04. The van der Waals surface area contributed by atoms with Gasteiger partial charge in [0.25, 0.3) is 0 Å². The molecule has 0 bridgehead atoms. The van der Waals surface area contributed by atoms with E-state index in [1.807, 2.05) is 0 Å². The molecule has 0 atom stereocenters. The van der Waals surface area contributed by atoms with Crippen molar-refractivity contribution in [3.8, 4) is 0 Å². The fraction of sp³-hybridized carbons (Fsp3) is 1.00. The Labute approximate surface area is 72.5 Å². The minimum atomic E-state index is 0. The molecule has 0 spiro atoms. The molecule has 0 aromatic rings. The molecule has 0 saturated carbocycles. The van der Waals surface area contributed by atoms with Gasteiger partial charge in [-0.25, -0.2) is 4.00 Å². The third-order valence-electron chi connectivity index (χ3n) is 1.93. The van der Waals surface area contributed by atoms with Crippen LogP contribution in [0.5, 0.6) is 0 Å². The van der Waals surface area contributed by atoms with Crippen molar-refractivity contribution in [2.75, 3.05) is 19.6 Å². The van der Waals surface area contributed by atoms with Crippen molar-refractivity contribution in [1.82, 2.24) is 0 Å². The minimum Gasteiger partial charge on any atom is -1.00 e. The van der Waals surface area contributed by atoms with Crippen LogP contribution in [0, 0.1) is 0 Å². The normalized spacial score (nSPS) is 23.3. The molecule has 0 aliphatic carbocycles. The standard InChI is InChI=1S/C6H13ClN.BrH/c1-2-8(7)5-3-4-6-8;/h2-6H2,1H3;1H/q+1;/p-1. The van der Waals surface area contributed by atoms with Crippen LogP contribution in [0.1, 0.15) is 19.8 Å². The van der Waals surface area contributed by atoms with Crippen LogP contribution in [-0.4, -0.2) is 23.6 Å². The predicted octanol–water partition coefficient (Wildman–Crippen LogP) is -1.23. The van der Waals surface area contributed by atoms with Crippen molar-refractivity contribution >= 4 is 11.8 Å². The average Bonchev–Trinajstić information content (AvgIpc) is 2.17. The lowest BCUT2D eigenvalue weighted by atomic mass is 10.4. The Morgan fingerprint density at radius 3 is 2.00 bits per heavy atom. The summed E-state index contributed by atoms with van der Waals surface area (Å²) >= 11 is 6.09. The third-order valence-corrected chi connectivity index (χ3v) is 2.51. The maximum atomic E-state index is 6.09. The van der Waals surface area contributed by atoms with Gasteiger partial charge in [0.05, 0.1) is 19.6 Å². The number of hydrogen-bond acceptors (Lipinski definition) is 0. The van der Waals surface area contributed by atoms with E-state index in [-0.39, 0.29) is 17.0 Å². The van der Waals surface area contributed by atoms with Crippen LogP contribution in [0.2, 0.25) is 0 Å². The highest BCUT2D eigenvalue weighted by molar-refractivity contribution is 6.06. The molecule has 1 nitrogen and oxygen atoms in total. The van der Waals surface area contributed by atoms with Gasteiger partial charge in [-0.05, 0) is 6.92 Å². The fourth-order valence-electron chi connectivity index (χ4n) is 1.22. The van der Waals surface area contributed by atoms with E-state index < -0.39 is 0 Å². The summed E-state index contributed by atoms with van der Waals surface area (Å²) in [6, 6.07) is 0. The van der Waals surface area contributed by atoms with Crippen molar-refractivity contribution in [1.29, 1.82) is 0 Å². The maximum absolute atomic E-state index is 6.09. The lowest BCUT2D eigenvalue weighted by Gasteiger charge is -2.20. The van der Waals surface area contributed by atoms with E-state index in [2.05, 4.69) is 6.92 Å². The number of likely N-dealkylation sites (tertiary alicyclic amines) is 1. The predicted molar refractivity (Wildman–Crippen MR) is 35.6 cm³/mol. The largest absolute Gasteiger partial charge is 1.00 e. The Balaban J connectivity index is 0.000000640. The number of hydrogen-bond donors (Lipinski definition) is 0. The third kappa shape index (κ3) is 2.44. The van der Waals surface area contributed by atoms with Crippen LogP contribution in [0.15, 0.2) is 0 Å². The maximum Gasteiger partial charge on any atom is 0.165 e. The molecule has 1 rings (SSSR count). The monoisotopic (exact) mass is 213 g/mol. The summed E-state index contributed by atoms with van der Waals surface area (Å²) in [7, 11) is 0. The lowest BCUT2D eigenvalue weighted by molar-refractivity contribution is -0.799. The molecule has 0 aromatic carbocycles. The van der Waals surface area contributed by atoms with E-state index in [0.29, 0.717) is 0 Å². The van der Waals surface area contributed by atoms with Crippen LogP contribution in [0.4, 0.5) is 0 Å². The topological polar surface area (TPSA) is 0 Å². The molecular weight excluding hydrogens is 201 g/mol. The van der Waals surface area contributed by atoms with Crippen molar-refractivity contribution in [3.05, 3.63) is 0 Å². The Morgan fingerprint density at radius 2 is 1.78 bits per heavy atom. The van der Waals surface area contributed by atoms with E-state index in [0.717, 1.165) is 10.5 Å². The fourth-order valence-corrected chi connectivity index (χ4v) is 1.46.